The van der Waals surface area contributed by atoms with Gasteiger partial charge in [0.2, 0.25) is 0 Å². The summed E-state index contributed by atoms with van der Waals surface area (Å²) in [5.41, 5.74) is 1.37. The largest absolute Gasteiger partial charge is 0.491 e. The third-order valence-electron chi connectivity index (χ3n) is 3.43. The number of hydrogen-bond donors (Lipinski definition) is 1. The van der Waals surface area contributed by atoms with Crippen molar-refractivity contribution >= 4 is 24.8 Å². The Hall–Kier alpha value is -0.480. The Morgan fingerprint density at radius 3 is 2.05 bits per heavy atom. The van der Waals surface area contributed by atoms with Gasteiger partial charge in [0.05, 0.1) is 6.10 Å². The molecule has 0 aromatic heterocycles. The van der Waals surface area contributed by atoms with Crippen LogP contribution < -0.4 is 10.1 Å². The molecular weight excluding hydrogens is 295 g/mol. The molecule has 3 nitrogen and oxygen atoms in total. The van der Waals surface area contributed by atoms with Crippen LogP contribution in [0.5, 0.6) is 5.75 Å². The molecule has 1 aliphatic rings. The van der Waals surface area contributed by atoms with Gasteiger partial charge in [-0.1, -0.05) is 12.1 Å². The van der Waals surface area contributed by atoms with Crippen LogP contribution in [0.4, 0.5) is 0 Å². The van der Waals surface area contributed by atoms with Crippen molar-refractivity contribution in [2.24, 2.45) is 0 Å². The second-order valence-corrected chi connectivity index (χ2v) is 5.20. The van der Waals surface area contributed by atoms with Gasteiger partial charge in [-0.05, 0) is 38.5 Å². The van der Waals surface area contributed by atoms with E-state index >= 15 is 0 Å². The first-order valence-electron chi connectivity index (χ1n) is 6.88. The lowest BCUT2D eigenvalue weighted by atomic mass is 10.1. The molecule has 20 heavy (non-hydrogen) atoms. The topological polar surface area (TPSA) is 24.5 Å². The molecule has 1 saturated heterocycles. The third kappa shape index (κ3) is 5.49. The molecule has 2 rings (SSSR count). The van der Waals surface area contributed by atoms with Crippen molar-refractivity contribution in [2.45, 2.75) is 32.9 Å². The molecule has 0 spiro atoms. The van der Waals surface area contributed by atoms with Crippen molar-refractivity contribution in [2.75, 3.05) is 26.2 Å². The van der Waals surface area contributed by atoms with Crippen LogP contribution in [0.25, 0.3) is 0 Å². The maximum absolute atomic E-state index is 5.67. The van der Waals surface area contributed by atoms with E-state index in [2.05, 4.69) is 55.3 Å². The highest BCUT2D eigenvalue weighted by Crippen LogP contribution is 2.23. The van der Waals surface area contributed by atoms with Crippen LogP contribution in [-0.4, -0.2) is 37.2 Å². The zero-order chi connectivity index (χ0) is 13.0. The van der Waals surface area contributed by atoms with Crippen molar-refractivity contribution in [1.82, 2.24) is 10.2 Å². The molecule has 1 aliphatic heterocycles. The minimum absolute atomic E-state index is 0. The Balaban J connectivity index is 0.00000180. The molecule has 0 amide bonds. The summed E-state index contributed by atoms with van der Waals surface area (Å²) in [4.78, 5) is 2.52. The number of rotatable bonds is 4. The van der Waals surface area contributed by atoms with E-state index < -0.39 is 0 Å². The van der Waals surface area contributed by atoms with Crippen LogP contribution in [0, 0.1) is 0 Å². The number of halogens is 2. The first-order chi connectivity index (χ1) is 8.66. The Kier molecular flexibility index (Phi) is 9.23. The van der Waals surface area contributed by atoms with Gasteiger partial charge in [0, 0.05) is 32.2 Å². The molecule has 1 aromatic rings. The van der Waals surface area contributed by atoms with Gasteiger partial charge < -0.3 is 10.1 Å². The summed E-state index contributed by atoms with van der Waals surface area (Å²) in [6.07, 6.45) is 0.237. The van der Waals surface area contributed by atoms with Gasteiger partial charge in [0.25, 0.3) is 0 Å². The number of hydrogen-bond acceptors (Lipinski definition) is 3. The highest BCUT2D eigenvalue weighted by atomic mass is 35.5. The number of piperazine rings is 1. The fourth-order valence-corrected chi connectivity index (χ4v) is 2.38. The SMILES string of the molecule is CC(C)Oc1ccc([C@H](C)N2CCNCC2)cc1.Cl.Cl. The summed E-state index contributed by atoms with van der Waals surface area (Å²) >= 11 is 0. The highest BCUT2D eigenvalue weighted by molar-refractivity contribution is 5.85. The van der Waals surface area contributed by atoms with E-state index in [1.165, 1.54) is 5.56 Å². The summed E-state index contributed by atoms with van der Waals surface area (Å²) in [6, 6.07) is 9.01. The van der Waals surface area contributed by atoms with Crippen molar-refractivity contribution in [3.63, 3.8) is 0 Å². The fraction of sp³-hybridized carbons (Fsp3) is 0.600. The molecule has 116 valence electrons. The van der Waals surface area contributed by atoms with E-state index in [9.17, 15) is 0 Å². The molecule has 1 atom stereocenters. The van der Waals surface area contributed by atoms with Gasteiger partial charge in [0.1, 0.15) is 5.75 Å². The maximum atomic E-state index is 5.67. The van der Waals surface area contributed by atoms with E-state index in [1.54, 1.807) is 0 Å². The normalized spacial score (nSPS) is 17.0. The molecule has 1 heterocycles. The van der Waals surface area contributed by atoms with Crippen molar-refractivity contribution in [3.05, 3.63) is 29.8 Å². The van der Waals surface area contributed by atoms with Crippen LogP contribution in [0.1, 0.15) is 32.4 Å². The predicted molar refractivity (Wildman–Crippen MR) is 89.6 cm³/mol. The number of benzene rings is 1. The number of nitrogens with one attached hydrogen (secondary N) is 1. The molecule has 0 aliphatic carbocycles. The predicted octanol–water partition coefficient (Wildman–Crippen LogP) is 3.28. The molecule has 1 fully saturated rings. The second kappa shape index (κ2) is 9.46. The van der Waals surface area contributed by atoms with Crippen LogP contribution in [0.2, 0.25) is 0 Å². The number of nitrogens with zero attached hydrogens (tertiary/aromatic N) is 1. The maximum Gasteiger partial charge on any atom is 0.119 e. The van der Waals surface area contributed by atoms with Gasteiger partial charge >= 0.3 is 0 Å². The first kappa shape index (κ1) is 19.5. The molecule has 5 heteroatoms. The molecule has 1 aromatic carbocycles. The Morgan fingerprint density at radius 1 is 1.00 bits per heavy atom. The fourth-order valence-electron chi connectivity index (χ4n) is 2.38. The van der Waals surface area contributed by atoms with Gasteiger partial charge in [-0.15, -0.1) is 24.8 Å². The lowest BCUT2D eigenvalue weighted by molar-refractivity contribution is 0.185. The quantitative estimate of drug-likeness (QED) is 0.921. The zero-order valence-corrected chi connectivity index (χ0v) is 14.1. The van der Waals surface area contributed by atoms with E-state index in [0.29, 0.717) is 6.04 Å². The summed E-state index contributed by atoms with van der Waals surface area (Å²) in [7, 11) is 0. The van der Waals surface area contributed by atoms with Crippen molar-refractivity contribution < 1.29 is 4.74 Å². The van der Waals surface area contributed by atoms with Crippen LogP contribution >= 0.6 is 24.8 Å². The Bertz CT molecular complexity index is 365. The monoisotopic (exact) mass is 320 g/mol. The lowest BCUT2D eigenvalue weighted by Crippen LogP contribution is -2.44. The zero-order valence-electron chi connectivity index (χ0n) is 12.5. The summed E-state index contributed by atoms with van der Waals surface area (Å²) in [6.45, 7) is 10.8. The average Bonchev–Trinajstić information content (AvgIpc) is 2.39. The summed E-state index contributed by atoms with van der Waals surface area (Å²) in [5, 5.41) is 3.39. The standard InChI is InChI=1S/C15H24N2O.2ClH/c1-12(2)18-15-6-4-14(5-7-15)13(3)17-10-8-16-9-11-17;;/h4-7,12-13,16H,8-11H2,1-3H3;2*1H/t13-;;/m0../s1. The van der Waals surface area contributed by atoms with E-state index in [4.69, 9.17) is 4.74 Å². The smallest absolute Gasteiger partial charge is 0.119 e. The van der Waals surface area contributed by atoms with Crippen LogP contribution in [-0.2, 0) is 0 Å². The van der Waals surface area contributed by atoms with E-state index in [-0.39, 0.29) is 30.9 Å². The molecule has 0 unspecified atom stereocenters. The summed E-state index contributed by atoms with van der Waals surface area (Å²) < 4.78 is 5.67. The number of ether oxygens (including phenoxy) is 1. The van der Waals surface area contributed by atoms with E-state index in [0.717, 1.165) is 31.9 Å². The van der Waals surface area contributed by atoms with Gasteiger partial charge in [-0.3, -0.25) is 4.90 Å². The highest BCUT2D eigenvalue weighted by Gasteiger charge is 2.17. The lowest BCUT2D eigenvalue weighted by Gasteiger charge is -2.33. The van der Waals surface area contributed by atoms with Gasteiger partial charge in [0.15, 0.2) is 0 Å². The average molecular weight is 321 g/mol. The second-order valence-electron chi connectivity index (χ2n) is 5.20. The van der Waals surface area contributed by atoms with Crippen LogP contribution in [0.15, 0.2) is 24.3 Å². The molecule has 0 bridgehead atoms. The van der Waals surface area contributed by atoms with Crippen LogP contribution in [0.3, 0.4) is 0 Å². The molecular formula is C15H26Cl2N2O. The minimum Gasteiger partial charge on any atom is -0.491 e. The van der Waals surface area contributed by atoms with Crippen molar-refractivity contribution in [3.8, 4) is 5.75 Å². The van der Waals surface area contributed by atoms with Crippen molar-refractivity contribution in [1.29, 1.82) is 0 Å². The first-order valence-corrected chi connectivity index (χ1v) is 6.88. The Labute approximate surface area is 134 Å². The molecule has 0 radical (unpaired) electrons. The summed E-state index contributed by atoms with van der Waals surface area (Å²) in [5.74, 6) is 0.960. The van der Waals surface area contributed by atoms with E-state index in [1.807, 2.05) is 0 Å². The molecule has 1 N–H and O–H groups in total. The third-order valence-corrected chi connectivity index (χ3v) is 3.43. The van der Waals surface area contributed by atoms with Gasteiger partial charge in [-0.25, -0.2) is 0 Å². The molecule has 0 saturated carbocycles. The van der Waals surface area contributed by atoms with Gasteiger partial charge in [-0.2, -0.15) is 0 Å². The minimum atomic E-state index is 0. The Morgan fingerprint density at radius 2 is 1.55 bits per heavy atom.